The molecule has 62 valence electrons. The first kappa shape index (κ1) is 12.6. The number of carbonyl (C=O) groups excluding carboxylic acids is 2. The van der Waals surface area contributed by atoms with E-state index in [-0.39, 0.29) is 39.9 Å². The quantitative estimate of drug-likeness (QED) is 0.441. The molecule has 0 amide bonds. The molecule has 10 heavy (non-hydrogen) atoms. The summed E-state index contributed by atoms with van der Waals surface area (Å²) in [5, 5.41) is 0. The summed E-state index contributed by atoms with van der Waals surface area (Å²) in [6.45, 7) is 4.91. The molecule has 0 aliphatic heterocycles. The zero-order chi connectivity index (χ0) is 7.44. The number of rotatable bonds is 3. The van der Waals surface area contributed by atoms with Gasteiger partial charge in [0.2, 0.25) is 0 Å². The van der Waals surface area contributed by atoms with Crippen molar-refractivity contribution < 1.29 is 32.0 Å². The van der Waals surface area contributed by atoms with E-state index < -0.39 is 0 Å². The van der Waals surface area contributed by atoms with Crippen molar-refractivity contribution in [3.63, 3.8) is 0 Å². The van der Waals surface area contributed by atoms with Crippen LogP contribution < -0.4 is 0 Å². The van der Waals surface area contributed by atoms with Crippen LogP contribution >= 0.6 is 0 Å². The zero-order valence-corrected chi connectivity index (χ0v) is 8.44. The van der Waals surface area contributed by atoms with E-state index in [1.807, 2.05) is 0 Å². The molecule has 0 aliphatic rings. The predicted molar refractivity (Wildman–Crippen MR) is 34.8 cm³/mol. The summed E-state index contributed by atoms with van der Waals surface area (Å²) in [5.74, 6) is -0.329. The molecule has 0 aliphatic carbocycles. The fourth-order valence-corrected chi connectivity index (χ4v) is 0.367. The first-order valence-electron chi connectivity index (χ1n) is 2.93. The second-order valence-electron chi connectivity index (χ2n) is 2.31. The number of carbonyl (C=O) groups is 2. The number of hydrogen-bond acceptors (Lipinski definition) is 2. The summed E-state index contributed by atoms with van der Waals surface area (Å²) < 4.78 is 0. The van der Waals surface area contributed by atoms with Crippen LogP contribution in [-0.2, 0) is 32.0 Å². The molecule has 0 spiro atoms. The summed E-state index contributed by atoms with van der Waals surface area (Å²) in [4.78, 5) is 21.0. The van der Waals surface area contributed by atoms with E-state index in [9.17, 15) is 9.59 Å². The van der Waals surface area contributed by atoms with Crippen molar-refractivity contribution >= 4 is 11.6 Å². The molecule has 2 nitrogen and oxygen atoms in total. The molecule has 0 atom stereocenters. The molecule has 0 aromatic carbocycles. The number of ketones is 2. The zero-order valence-electron chi connectivity index (χ0n) is 6.27. The number of Topliss-reactive ketones (excluding diaryl/α,β-unsaturated/α-hetero) is 2. The Labute approximate surface area is 76.9 Å². The van der Waals surface area contributed by atoms with Crippen molar-refractivity contribution in [1.29, 1.82) is 0 Å². The van der Waals surface area contributed by atoms with Gasteiger partial charge in [0.15, 0.2) is 0 Å². The minimum Gasteiger partial charge on any atom is -0.334 e. The SMILES string of the molecule is CC(=O)[CH-]C(=O)C(C)C.[Au+]. The average Bonchev–Trinajstić information content (AvgIpc) is 1.63. The second kappa shape index (κ2) is 5.71. The molecule has 0 fully saturated rings. The van der Waals surface area contributed by atoms with Crippen LogP contribution in [0.3, 0.4) is 0 Å². The summed E-state index contributed by atoms with van der Waals surface area (Å²) in [6.07, 6.45) is 1.13. The van der Waals surface area contributed by atoms with Gasteiger partial charge in [-0.1, -0.05) is 13.8 Å². The maximum absolute atomic E-state index is 10.7. The minimum absolute atomic E-state index is 0. The van der Waals surface area contributed by atoms with Crippen molar-refractivity contribution in [1.82, 2.24) is 0 Å². The van der Waals surface area contributed by atoms with Gasteiger partial charge in [-0.15, -0.1) is 0 Å². The van der Waals surface area contributed by atoms with Gasteiger partial charge in [0.25, 0.3) is 0 Å². The van der Waals surface area contributed by atoms with Gasteiger partial charge in [-0.2, -0.15) is 0 Å². The molecular weight excluding hydrogens is 313 g/mol. The van der Waals surface area contributed by atoms with Gasteiger partial charge in [-0.05, 0) is 12.8 Å². The van der Waals surface area contributed by atoms with Crippen molar-refractivity contribution in [3.8, 4) is 0 Å². The molecule has 0 saturated heterocycles. The van der Waals surface area contributed by atoms with Gasteiger partial charge < -0.3 is 9.59 Å². The molecule has 0 aromatic rings. The molecule has 0 radical (unpaired) electrons. The van der Waals surface area contributed by atoms with Crippen molar-refractivity contribution in [2.75, 3.05) is 0 Å². The standard InChI is InChI=1S/C7H11O2.Au/c1-5(2)7(9)4-6(3)8;/h4-5H,1-3H3;/q-1;+1. The Morgan fingerprint density at radius 1 is 1.30 bits per heavy atom. The summed E-state index contributed by atoms with van der Waals surface area (Å²) >= 11 is 0. The Morgan fingerprint density at radius 3 is 1.80 bits per heavy atom. The third kappa shape index (κ3) is 6.08. The van der Waals surface area contributed by atoms with Gasteiger partial charge in [0.05, 0.1) is 0 Å². The fraction of sp³-hybridized carbons (Fsp3) is 0.571. The number of hydrogen-bond donors (Lipinski definition) is 0. The van der Waals surface area contributed by atoms with Crippen molar-refractivity contribution in [2.45, 2.75) is 20.8 Å². The van der Waals surface area contributed by atoms with Crippen LogP contribution in [0.15, 0.2) is 0 Å². The topological polar surface area (TPSA) is 34.1 Å². The smallest absolute Gasteiger partial charge is 0.334 e. The fourth-order valence-electron chi connectivity index (χ4n) is 0.367. The van der Waals surface area contributed by atoms with E-state index in [0.717, 1.165) is 6.42 Å². The molecule has 3 heteroatoms. The maximum atomic E-state index is 10.7. The monoisotopic (exact) mass is 324 g/mol. The molecule has 0 bridgehead atoms. The normalized spacial score (nSPS) is 8.40. The van der Waals surface area contributed by atoms with E-state index >= 15 is 0 Å². The Hall–Kier alpha value is -0.0497. The van der Waals surface area contributed by atoms with E-state index in [1.54, 1.807) is 13.8 Å². The van der Waals surface area contributed by atoms with Gasteiger partial charge in [-0.3, -0.25) is 6.42 Å². The van der Waals surface area contributed by atoms with Gasteiger partial charge in [0, 0.05) is 11.6 Å². The van der Waals surface area contributed by atoms with E-state index in [0.29, 0.717) is 0 Å². The third-order valence-corrected chi connectivity index (χ3v) is 0.915. The van der Waals surface area contributed by atoms with Gasteiger partial charge >= 0.3 is 22.4 Å². The second-order valence-corrected chi connectivity index (χ2v) is 2.31. The average molecular weight is 324 g/mol. The first-order valence-corrected chi connectivity index (χ1v) is 2.93. The van der Waals surface area contributed by atoms with Gasteiger partial charge in [0.1, 0.15) is 0 Å². The van der Waals surface area contributed by atoms with Crippen molar-refractivity contribution in [2.24, 2.45) is 5.92 Å². The minimum atomic E-state index is -0.172. The Kier molecular flexibility index (Phi) is 7.21. The van der Waals surface area contributed by atoms with Crippen LogP contribution in [0.1, 0.15) is 20.8 Å². The Morgan fingerprint density at radius 2 is 1.70 bits per heavy atom. The van der Waals surface area contributed by atoms with Crippen LogP contribution in [0.25, 0.3) is 0 Å². The summed E-state index contributed by atoms with van der Waals surface area (Å²) in [6, 6.07) is 0. The molecule has 0 unspecified atom stereocenters. The predicted octanol–water partition coefficient (Wildman–Crippen LogP) is 1.00. The van der Waals surface area contributed by atoms with Crippen LogP contribution in [0.4, 0.5) is 0 Å². The molecule has 0 rings (SSSR count). The molecular formula is C7H11AuO2. The molecule has 0 saturated carbocycles. The molecule has 0 heterocycles. The molecule has 0 N–H and O–H groups in total. The van der Waals surface area contributed by atoms with Crippen LogP contribution in [-0.4, -0.2) is 11.6 Å². The van der Waals surface area contributed by atoms with E-state index in [1.165, 1.54) is 6.92 Å². The Bertz CT molecular complexity index is 130. The third-order valence-electron chi connectivity index (χ3n) is 0.915. The molecule has 0 aromatic heterocycles. The van der Waals surface area contributed by atoms with Crippen LogP contribution in [0.5, 0.6) is 0 Å². The van der Waals surface area contributed by atoms with Crippen LogP contribution in [0, 0.1) is 12.3 Å². The Balaban J connectivity index is 0. The maximum Gasteiger partial charge on any atom is 1.00 e. The van der Waals surface area contributed by atoms with Crippen LogP contribution in [0.2, 0.25) is 0 Å². The van der Waals surface area contributed by atoms with E-state index in [4.69, 9.17) is 0 Å². The summed E-state index contributed by atoms with van der Waals surface area (Å²) in [7, 11) is 0. The van der Waals surface area contributed by atoms with E-state index in [2.05, 4.69) is 0 Å². The first-order chi connectivity index (χ1) is 4.04. The largest absolute Gasteiger partial charge is 1.00 e. The summed E-state index contributed by atoms with van der Waals surface area (Å²) in [5.41, 5.74) is 0. The van der Waals surface area contributed by atoms with Crippen molar-refractivity contribution in [3.05, 3.63) is 6.42 Å². The van der Waals surface area contributed by atoms with Gasteiger partial charge in [-0.25, -0.2) is 0 Å².